The Bertz CT molecular complexity index is 1260. The van der Waals surface area contributed by atoms with Crippen LogP contribution in [0.15, 0.2) is 46.0 Å². The molecule has 1 aromatic heterocycles. The number of carboxylic acids is 1. The van der Waals surface area contributed by atoms with Gasteiger partial charge in [-0.3, -0.25) is 14.7 Å². The molecule has 1 fully saturated rings. The number of rotatable bonds is 8. The highest BCUT2D eigenvalue weighted by molar-refractivity contribution is 7.11. The first-order chi connectivity index (χ1) is 17.5. The van der Waals surface area contributed by atoms with Crippen LogP contribution in [-0.2, 0) is 14.3 Å². The van der Waals surface area contributed by atoms with Crippen LogP contribution < -0.4 is 5.32 Å². The third kappa shape index (κ3) is 6.11. The van der Waals surface area contributed by atoms with Crippen molar-refractivity contribution in [3.63, 3.8) is 0 Å². The number of amidine groups is 1. The van der Waals surface area contributed by atoms with Crippen LogP contribution in [0.2, 0.25) is 10.0 Å². The van der Waals surface area contributed by atoms with Crippen molar-refractivity contribution in [3.05, 3.63) is 61.7 Å². The number of methoxy groups -OCH3 is 1. The average molecular weight is 573 g/mol. The number of carbonyl (C=O) groups excluding carboxylic acids is 1. The van der Waals surface area contributed by atoms with Crippen LogP contribution in [0.5, 0.6) is 0 Å². The summed E-state index contributed by atoms with van der Waals surface area (Å²) in [6, 6.07) is 3.14. The molecule has 0 amide bonds. The van der Waals surface area contributed by atoms with Gasteiger partial charge in [-0.25, -0.2) is 18.6 Å². The number of thiazole rings is 1. The Morgan fingerprint density at radius 2 is 2.14 bits per heavy atom. The molecule has 3 atom stereocenters. The summed E-state index contributed by atoms with van der Waals surface area (Å²) in [5.74, 6) is -4.99. The SMILES string of the molecule is COC(=O)C1=C(CN2CC(F)(F)C[C@H]2C(C)CC(=O)O)NC(c2nccs2)=N[C@H]1c1ccc(Cl)cc1Cl. The number of halogens is 4. The van der Waals surface area contributed by atoms with E-state index in [1.807, 2.05) is 0 Å². The van der Waals surface area contributed by atoms with Crippen molar-refractivity contribution < 1.29 is 28.2 Å². The zero-order valence-electron chi connectivity index (χ0n) is 19.9. The Balaban J connectivity index is 1.80. The third-order valence-corrected chi connectivity index (χ3v) is 7.69. The number of carboxylic acid groups (broad SMARTS) is 1. The quantitative estimate of drug-likeness (QED) is 0.438. The predicted octanol–water partition coefficient (Wildman–Crippen LogP) is 4.79. The summed E-state index contributed by atoms with van der Waals surface area (Å²) in [7, 11) is 1.22. The molecule has 1 unspecified atom stereocenters. The summed E-state index contributed by atoms with van der Waals surface area (Å²) in [6.07, 6.45) is 0.850. The molecule has 13 heteroatoms. The van der Waals surface area contributed by atoms with Gasteiger partial charge in [0.15, 0.2) is 10.8 Å². The third-order valence-electron chi connectivity index (χ3n) is 6.35. The van der Waals surface area contributed by atoms with Gasteiger partial charge >= 0.3 is 11.9 Å². The maximum absolute atomic E-state index is 14.6. The largest absolute Gasteiger partial charge is 0.481 e. The molecule has 0 spiro atoms. The Kier molecular flexibility index (Phi) is 8.17. The van der Waals surface area contributed by atoms with E-state index in [9.17, 15) is 23.5 Å². The molecule has 37 heavy (non-hydrogen) atoms. The van der Waals surface area contributed by atoms with Gasteiger partial charge in [-0.15, -0.1) is 11.3 Å². The van der Waals surface area contributed by atoms with Crippen LogP contribution >= 0.6 is 34.5 Å². The van der Waals surface area contributed by atoms with Gasteiger partial charge in [0.05, 0.1) is 19.2 Å². The summed E-state index contributed by atoms with van der Waals surface area (Å²) >= 11 is 13.9. The van der Waals surface area contributed by atoms with Gasteiger partial charge in [0.1, 0.15) is 6.04 Å². The fourth-order valence-electron chi connectivity index (χ4n) is 4.73. The molecule has 0 saturated carbocycles. The molecule has 0 aliphatic carbocycles. The second-order valence-corrected chi connectivity index (χ2v) is 10.7. The smallest absolute Gasteiger partial charge is 0.338 e. The van der Waals surface area contributed by atoms with Crippen LogP contribution in [-0.4, -0.2) is 64.9 Å². The molecule has 2 aliphatic heterocycles. The van der Waals surface area contributed by atoms with Crippen LogP contribution in [0.4, 0.5) is 8.78 Å². The molecule has 8 nitrogen and oxygen atoms in total. The zero-order valence-corrected chi connectivity index (χ0v) is 22.2. The van der Waals surface area contributed by atoms with E-state index in [-0.39, 0.29) is 23.6 Å². The van der Waals surface area contributed by atoms with E-state index in [1.165, 1.54) is 29.4 Å². The number of nitrogens with zero attached hydrogens (tertiary/aromatic N) is 3. The maximum atomic E-state index is 14.6. The van der Waals surface area contributed by atoms with Crippen LogP contribution in [0.1, 0.15) is 36.4 Å². The van der Waals surface area contributed by atoms with Crippen molar-refractivity contribution >= 4 is 52.3 Å². The van der Waals surface area contributed by atoms with E-state index in [4.69, 9.17) is 32.9 Å². The van der Waals surface area contributed by atoms with E-state index >= 15 is 0 Å². The molecule has 4 rings (SSSR count). The first-order valence-electron chi connectivity index (χ1n) is 11.3. The Morgan fingerprint density at radius 1 is 1.38 bits per heavy atom. The molecule has 1 aromatic carbocycles. The number of esters is 1. The van der Waals surface area contributed by atoms with Gasteiger partial charge < -0.3 is 15.2 Å². The molecule has 1 saturated heterocycles. The lowest BCUT2D eigenvalue weighted by Gasteiger charge is -2.33. The van der Waals surface area contributed by atoms with E-state index in [2.05, 4.69) is 10.3 Å². The monoisotopic (exact) mass is 572 g/mol. The van der Waals surface area contributed by atoms with Crippen molar-refractivity contribution in [2.75, 3.05) is 20.2 Å². The minimum Gasteiger partial charge on any atom is -0.481 e. The number of aromatic nitrogens is 1. The highest BCUT2D eigenvalue weighted by Crippen LogP contribution is 2.40. The van der Waals surface area contributed by atoms with E-state index in [1.54, 1.807) is 30.6 Å². The highest BCUT2D eigenvalue weighted by Gasteiger charge is 2.48. The molecule has 0 bridgehead atoms. The lowest BCUT2D eigenvalue weighted by molar-refractivity contribution is -0.138. The van der Waals surface area contributed by atoms with Crippen LogP contribution in [0, 0.1) is 5.92 Å². The van der Waals surface area contributed by atoms with Gasteiger partial charge in [-0.05, 0) is 18.1 Å². The number of ether oxygens (including phenoxy) is 1. The molecule has 198 valence electrons. The minimum absolute atomic E-state index is 0.0965. The summed E-state index contributed by atoms with van der Waals surface area (Å²) in [4.78, 5) is 34.9. The topological polar surface area (TPSA) is 104 Å². The first-order valence-corrected chi connectivity index (χ1v) is 13.0. The molecule has 0 radical (unpaired) electrons. The summed E-state index contributed by atoms with van der Waals surface area (Å²) in [5.41, 5.74) is 0.877. The standard InChI is InChI=1S/C24H24Cl2F2N4O4S/c1-12(7-18(33)34)17-9-24(27,28)11-32(17)10-16-19(23(35)36-2)20(14-4-3-13(25)8-15(14)26)31-21(30-16)22-29-5-6-37-22/h3-6,8,12,17,20H,7,9-11H2,1-2H3,(H,30,31)(H,33,34)/t12?,17-,20-/m0/s1. The molecular formula is C24H24Cl2F2N4O4S. The Hall–Kier alpha value is -2.60. The zero-order chi connectivity index (χ0) is 26.9. The van der Waals surface area contributed by atoms with E-state index in [0.717, 1.165) is 0 Å². The maximum Gasteiger partial charge on any atom is 0.338 e. The molecular weight excluding hydrogens is 549 g/mol. The fraction of sp³-hybridized carbons (Fsp3) is 0.417. The number of alkyl halides is 2. The number of hydrogen-bond donors (Lipinski definition) is 2. The van der Waals surface area contributed by atoms with E-state index < -0.39 is 48.8 Å². The lowest BCUT2D eigenvalue weighted by Crippen LogP contribution is -2.43. The Morgan fingerprint density at radius 3 is 2.76 bits per heavy atom. The number of hydrogen-bond acceptors (Lipinski definition) is 8. The lowest BCUT2D eigenvalue weighted by atomic mass is 9.93. The highest BCUT2D eigenvalue weighted by atomic mass is 35.5. The average Bonchev–Trinajstić information content (AvgIpc) is 3.45. The van der Waals surface area contributed by atoms with Gasteiger partial charge in [0.2, 0.25) is 0 Å². The normalized spacial score (nSPS) is 22.4. The van der Waals surface area contributed by atoms with Gasteiger partial charge in [0.25, 0.3) is 5.92 Å². The van der Waals surface area contributed by atoms with Crippen molar-refractivity contribution in [3.8, 4) is 0 Å². The van der Waals surface area contributed by atoms with Gasteiger partial charge in [-0.1, -0.05) is 36.2 Å². The number of carbonyl (C=O) groups is 2. The summed E-state index contributed by atoms with van der Waals surface area (Å²) in [5, 5.41) is 15.3. The van der Waals surface area contributed by atoms with Crippen molar-refractivity contribution in [1.82, 2.24) is 15.2 Å². The van der Waals surface area contributed by atoms with E-state index in [0.29, 0.717) is 27.1 Å². The predicted molar refractivity (Wildman–Crippen MR) is 136 cm³/mol. The molecule has 3 heterocycles. The number of aliphatic imine (C=N–C) groups is 1. The second kappa shape index (κ2) is 11.0. The van der Waals surface area contributed by atoms with Crippen LogP contribution in [0.25, 0.3) is 0 Å². The van der Waals surface area contributed by atoms with Gasteiger partial charge in [-0.2, -0.15) is 0 Å². The first kappa shape index (κ1) is 27.4. The molecule has 2 aromatic rings. The summed E-state index contributed by atoms with van der Waals surface area (Å²) < 4.78 is 34.2. The summed E-state index contributed by atoms with van der Waals surface area (Å²) in [6.45, 7) is 0.952. The number of likely N-dealkylation sites (tertiary alicyclic amines) is 1. The number of benzene rings is 1. The minimum atomic E-state index is -3.01. The molecule has 2 aliphatic rings. The Labute approximate surface area is 225 Å². The fourth-order valence-corrected chi connectivity index (χ4v) is 5.83. The number of nitrogens with one attached hydrogen (secondary N) is 1. The molecule has 2 N–H and O–H groups in total. The number of aliphatic carboxylic acids is 1. The van der Waals surface area contributed by atoms with Gasteiger partial charge in [0, 0.05) is 58.3 Å². The van der Waals surface area contributed by atoms with Crippen LogP contribution in [0.3, 0.4) is 0 Å². The van der Waals surface area contributed by atoms with Crippen molar-refractivity contribution in [2.24, 2.45) is 10.9 Å². The second-order valence-electron chi connectivity index (χ2n) is 9.00. The van der Waals surface area contributed by atoms with Crippen molar-refractivity contribution in [1.29, 1.82) is 0 Å². The van der Waals surface area contributed by atoms with Crippen molar-refractivity contribution in [2.45, 2.75) is 37.8 Å².